The van der Waals surface area contributed by atoms with E-state index in [9.17, 15) is 0 Å². The molecular formula is C8H18N3. The third-order valence-electron chi connectivity index (χ3n) is 2.13. The van der Waals surface area contributed by atoms with E-state index in [1.165, 1.54) is 19.4 Å². The second-order valence-electron chi connectivity index (χ2n) is 3.49. The van der Waals surface area contributed by atoms with Gasteiger partial charge in [-0.1, -0.05) is 0 Å². The van der Waals surface area contributed by atoms with Gasteiger partial charge in [-0.2, -0.15) is 5.43 Å². The van der Waals surface area contributed by atoms with E-state index in [1.807, 2.05) is 0 Å². The predicted octanol–water partition coefficient (Wildman–Crippen LogP) is 0.0670. The van der Waals surface area contributed by atoms with Gasteiger partial charge in [0.2, 0.25) is 0 Å². The van der Waals surface area contributed by atoms with Crippen molar-refractivity contribution in [3.8, 4) is 0 Å². The molecule has 1 fully saturated rings. The maximum atomic E-state index is 4.09. The average molecular weight is 156 g/mol. The number of nitrogens with zero attached hydrogens (tertiary/aromatic N) is 2. The van der Waals surface area contributed by atoms with E-state index in [4.69, 9.17) is 0 Å². The van der Waals surface area contributed by atoms with Crippen LogP contribution in [-0.2, 0) is 0 Å². The van der Waals surface area contributed by atoms with Crippen molar-refractivity contribution in [3.63, 3.8) is 0 Å². The number of nitrogens with one attached hydrogen (secondary N) is 1. The molecule has 1 saturated heterocycles. The van der Waals surface area contributed by atoms with Gasteiger partial charge in [-0.05, 0) is 39.4 Å². The van der Waals surface area contributed by atoms with Gasteiger partial charge in [0.25, 0.3) is 0 Å². The smallest absolute Gasteiger partial charge is 0.0307 e. The standard InChI is InChI=1S/C8H18N3/c1-11(2)6-4-8-3-5-9-10-7-8/h8,10H,3-7H2,1-2H3. The van der Waals surface area contributed by atoms with Gasteiger partial charge in [0.15, 0.2) is 0 Å². The molecule has 65 valence electrons. The molecule has 1 atom stereocenters. The molecule has 1 N–H and O–H groups in total. The summed E-state index contributed by atoms with van der Waals surface area (Å²) in [7, 11) is 4.25. The van der Waals surface area contributed by atoms with Crippen molar-refractivity contribution >= 4 is 0 Å². The summed E-state index contributed by atoms with van der Waals surface area (Å²) in [6.45, 7) is 3.28. The lowest BCUT2D eigenvalue weighted by atomic mass is 10.0. The van der Waals surface area contributed by atoms with Crippen molar-refractivity contribution in [1.29, 1.82) is 0 Å². The second-order valence-corrected chi connectivity index (χ2v) is 3.49. The zero-order valence-corrected chi connectivity index (χ0v) is 7.51. The molecule has 0 amide bonds. The van der Waals surface area contributed by atoms with E-state index in [1.54, 1.807) is 0 Å². The summed E-state index contributed by atoms with van der Waals surface area (Å²) in [4.78, 5) is 2.24. The van der Waals surface area contributed by atoms with Crippen molar-refractivity contribution in [2.75, 3.05) is 33.7 Å². The maximum Gasteiger partial charge on any atom is 0.0307 e. The summed E-state index contributed by atoms with van der Waals surface area (Å²) in [5.74, 6) is 0.842. The van der Waals surface area contributed by atoms with Crippen LogP contribution in [0.5, 0.6) is 0 Å². The largest absolute Gasteiger partial charge is 0.309 e. The first-order valence-corrected chi connectivity index (χ1v) is 4.33. The molecule has 0 spiro atoms. The molecule has 0 bridgehead atoms. The highest BCUT2D eigenvalue weighted by atomic mass is 15.4. The van der Waals surface area contributed by atoms with E-state index in [0.29, 0.717) is 0 Å². The van der Waals surface area contributed by atoms with Crippen LogP contribution in [0.25, 0.3) is 0 Å². The lowest BCUT2D eigenvalue weighted by molar-refractivity contribution is 0.279. The molecule has 3 nitrogen and oxygen atoms in total. The Morgan fingerprint density at radius 3 is 2.91 bits per heavy atom. The molecule has 0 aromatic carbocycles. The van der Waals surface area contributed by atoms with Gasteiger partial charge >= 0.3 is 0 Å². The molecule has 1 unspecified atom stereocenters. The first-order valence-electron chi connectivity index (χ1n) is 4.33. The number of hydrogen-bond acceptors (Lipinski definition) is 2. The topological polar surface area (TPSA) is 29.4 Å². The van der Waals surface area contributed by atoms with Crippen LogP contribution in [0.2, 0.25) is 0 Å². The molecule has 0 aliphatic carbocycles. The van der Waals surface area contributed by atoms with Gasteiger partial charge in [0.1, 0.15) is 0 Å². The van der Waals surface area contributed by atoms with E-state index < -0.39 is 0 Å². The van der Waals surface area contributed by atoms with Crippen LogP contribution >= 0.6 is 0 Å². The Morgan fingerprint density at radius 1 is 1.55 bits per heavy atom. The Labute approximate surface area is 69.1 Å². The zero-order chi connectivity index (χ0) is 8.10. The average Bonchev–Trinajstić information content (AvgIpc) is 2.03. The molecule has 0 aromatic heterocycles. The van der Waals surface area contributed by atoms with Crippen LogP contribution in [0.4, 0.5) is 0 Å². The minimum Gasteiger partial charge on any atom is -0.309 e. The molecule has 0 saturated carbocycles. The maximum absolute atomic E-state index is 4.09. The minimum atomic E-state index is 0.842. The van der Waals surface area contributed by atoms with Crippen molar-refractivity contribution in [1.82, 2.24) is 15.8 Å². The monoisotopic (exact) mass is 156 g/mol. The lowest BCUT2D eigenvalue weighted by Gasteiger charge is -2.23. The summed E-state index contributed by atoms with van der Waals surface area (Å²) in [5, 5.41) is 0. The summed E-state index contributed by atoms with van der Waals surface area (Å²) in [6, 6.07) is 0. The number of hydrogen-bond donors (Lipinski definition) is 1. The molecule has 1 aliphatic rings. The van der Waals surface area contributed by atoms with Gasteiger partial charge < -0.3 is 4.90 Å². The van der Waals surface area contributed by atoms with Crippen LogP contribution in [0.1, 0.15) is 12.8 Å². The Bertz CT molecular complexity index is 97.5. The Hall–Kier alpha value is -0.120. The third kappa shape index (κ3) is 3.70. The van der Waals surface area contributed by atoms with Gasteiger partial charge in [0.05, 0.1) is 0 Å². The lowest BCUT2D eigenvalue weighted by Crippen LogP contribution is -2.38. The molecule has 1 radical (unpaired) electrons. The van der Waals surface area contributed by atoms with Crippen molar-refractivity contribution < 1.29 is 0 Å². The van der Waals surface area contributed by atoms with E-state index >= 15 is 0 Å². The van der Waals surface area contributed by atoms with E-state index in [0.717, 1.165) is 19.0 Å². The Balaban J connectivity index is 2.05. The highest BCUT2D eigenvalue weighted by molar-refractivity contribution is 4.67. The summed E-state index contributed by atoms with van der Waals surface area (Å²) in [6.07, 6.45) is 2.57. The highest BCUT2D eigenvalue weighted by Crippen LogP contribution is 2.09. The normalized spacial score (nSPS) is 25.9. The summed E-state index contributed by atoms with van der Waals surface area (Å²) < 4.78 is 0. The van der Waals surface area contributed by atoms with Crippen LogP contribution < -0.4 is 10.9 Å². The van der Waals surface area contributed by atoms with Crippen LogP contribution in [0, 0.1) is 5.92 Å². The van der Waals surface area contributed by atoms with Crippen molar-refractivity contribution in [2.45, 2.75) is 12.8 Å². The quantitative estimate of drug-likeness (QED) is 0.626. The molecule has 0 aromatic rings. The number of rotatable bonds is 3. The minimum absolute atomic E-state index is 0.842. The highest BCUT2D eigenvalue weighted by Gasteiger charge is 2.12. The van der Waals surface area contributed by atoms with Crippen LogP contribution in [0.3, 0.4) is 0 Å². The zero-order valence-electron chi connectivity index (χ0n) is 7.51. The first-order chi connectivity index (χ1) is 5.29. The Morgan fingerprint density at radius 2 is 2.36 bits per heavy atom. The van der Waals surface area contributed by atoms with Gasteiger partial charge in [-0.15, -0.1) is 0 Å². The second kappa shape index (κ2) is 4.70. The summed E-state index contributed by atoms with van der Waals surface area (Å²) in [5.41, 5.74) is 7.16. The fourth-order valence-corrected chi connectivity index (χ4v) is 1.31. The molecule has 1 aliphatic heterocycles. The van der Waals surface area contributed by atoms with Crippen molar-refractivity contribution in [3.05, 3.63) is 0 Å². The fraction of sp³-hybridized carbons (Fsp3) is 1.00. The molecule has 1 rings (SSSR count). The molecule has 11 heavy (non-hydrogen) atoms. The fourth-order valence-electron chi connectivity index (χ4n) is 1.31. The van der Waals surface area contributed by atoms with Crippen LogP contribution in [0.15, 0.2) is 0 Å². The SMILES string of the molecule is CN(C)CCC1CC[N]NC1. The van der Waals surface area contributed by atoms with E-state index in [-0.39, 0.29) is 0 Å². The van der Waals surface area contributed by atoms with Crippen molar-refractivity contribution in [2.24, 2.45) is 5.92 Å². The first kappa shape index (κ1) is 8.97. The summed E-state index contributed by atoms with van der Waals surface area (Å²) >= 11 is 0. The van der Waals surface area contributed by atoms with Gasteiger partial charge in [-0.25, -0.2) is 5.43 Å². The van der Waals surface area contributed by atoms with Gasteiger partial charge in [-0.3, -0.25) is 0 Å². The molecule has 3 heteroatoms. The third-order valence-corrected chi connectivity index (χ3v) is 2.13. The molecule has 1 heterocycles. The van der Waals surface area contributed by atoms with Gasteiger partial charge in [0, 0.05) is 13.1 Å². The van der Waals surface area contributed by atoms with Crippen LogP contribution in [-0.4, -0.2) is 38.6 Å². The molecular weight excluding hydrogens is 138 g/mol. The predicted molar refractivity (Wildman–Crippen MR) is 46.3 cm³/mol. The van der Waals surface area contributed by atoms with E-state index in [2.05, 4.69) is 29.8 Å². The Kier molecular flexibility index (Phi) is 3.83.